The van der Waals surface area contributed by atoms with E-state index < -0.39 is 0 Å². The van der Waals surface area contributed by atoms with E-state index in [4.69, 9.17) is 10.00 Å². The lowest BCUT2D eigenvalue weighted by Gasteiger charge is -2.26. The molecule has 1 aliphatic carbocycles. The van der Waals surface area contributed by atoms with Crippen molar-refractivity contribution >= 4 is 11.9 Å². The molecule has 0 radical (unpaired) electrons. The van der Waals surface area contributed by atoms with E-state index >= 15 is 0 Å². The van der Waals surface area contributed by atoms with E-state index in [1.165, 1.54) is 7.11 Å². The predicted octanol–water partition coefficient (Wildman–Crippen LogP) is 2.82. The smallest absolute Gasteiger partial charge is 0.308 e. The first-order chi connectivity index (χ1) is 16.9. The molecule has 1 aromatic carbocycles. The number of nitrogens with zero attached hydrogens (tertiary/aromatic N) is 6. The molecule has 10 heteroatoms. The van der Waals surface area contributed by atoms with Crippen molar-refractivity contribution in [2.24, 2.45) is 11.8 Å². The third-order valence-corrected chi connectivity index (χ3v) is 6.21. The molecule has 4 rings (SSSR count). The van der Waals surface area contributed by atoms with E-state index in [-0.39, 0.29) is 30.0 Å². The Labute approximate surface area is 203 Å². The standard InChI is InChI=1S/C25H27N7O3/c1-16-10-21(12-22(28-16)24(33)27-14-19-5-3-4-18(11-19)13-26)23-29-31-32(30-23)15-17-6-8-20(9-7-17)25(34)35-2/h3-5,10-12,17,20H,6-9,14-15H2,1-2H3,(H,27,33). The number of nitriles is 1. The number of esters is 1. The molecular weight excluding hydrogens is 446 g/mol. The zero-order valence-corrected chi connectivity index (χ0v) is 19.8. The highest BCUT2D eigenvalue weighted by Crippen LogP contribution is 2.30. The number of aromatic nitrogens is 5. The molecule has 0 atom stereocenters. The van der Waals surface area contributed by atoms with Gasteiger partial charge in [0.25, 0.3) is 5.91 Å². The fraction of sp³-hybridized carbons (Fsp3) is 0.400. The summed E-state index contributed by atoms with van der Waals surface area (Å²) in [6.45, 7) is 2.72. The molecule has 0 aliphatic heterocycles. The summed E-state index contributed by atoms with van der Waals surface area (Å²) in [5.41, 5.74) is 2.95. The number of aryl methyl sites for hydroxylation is 1. The first-order valence-corrected chi connectivity index (χ1v) is 11.6. The molecule has 1 saturated carbocycles. The second-order valence-corrected chi connectivity index (χ2v) is 8.79. The maximum Gasteiger partial charge on any atom is 0.308 e. The van der Waals surface area contributed by atoms with Gasteiger partial charge in [0.05, 0.1) is 31.2 Å². The molecular formula is C25H27N7O3. The molecule has 0 bridgehead atoms. The molecule has 1 N–H and O–H groups in total. The fourth-order valence-corrected chi connectivity index (χ4v) is 4.35. The van der Waals surface area contributed by atoms with E-state index in [1.807, 2.05) is 12.1 Å². The third-order valence-electron chi connectivity index (χ3n) is 6.21. The Kier molecular flexibility index (Phi) is 7.45. The molecule has 35 heavy (non-hydrogen) atoms. The number of ether oxygens (including phenoxy) is 1. The maximum absolute atomic E-state index is 12.7. The lowest BCUT2D eigenvalue weighted by Crippen LogP contribution is -2.25. The largest absolute Gasteiger partial charge is 0.469 e. The number of carbonyl (C=O) groups excluding carboxylic acids is 2. The number of rotatable bonds is 7. The molecule has 0 saturated heterocycles. The van der Waals surface area contributed by atoms with E-state index in [9.17, 15) is 9.59 Å². The molecule has 1 fully saturated rings. The van der Waals surface area contributed by atoms with E-state index in [1.54, 1.807) is 36.0 Å². The minimum Gasteiger partial charge on any atom is -0.469 e. The number of methoxy groups -OCH3 is 1. The number of hydrogen-bond donors (Lipinski definition) is 1. The molecule has 0 unspecified atom stereocenters. The Balaban J connectivity index is 1.39. The van der Waals surface area contributed by atoms with Crippen molar-refractivity contribution in [3.05, 3.63) is 58.9 Å². The van der Waals surface area contributed by atoms with Gasteiger partial charge in [-0.15, -0.1) is 10.2 Å². The van der Waals surface area contributed by atoms with Gasteiger partial charge in [-0.05, 0) is 73.6 Å². The minimum atomic E-state index is -0.327. The SMILES string of the molecule is COC(=O)C1CCC(Cn2nnc(-c3cc(C)nc(C(=O)NCc4cccc(C#N)c4)c3)n2)CC1. The average Bonchev–Trinajstić information content (AvgIpc) is 3.35. The summed E-state index contributed by atoms with van der Waals surface area (Å²) in [6.07, 6.45) is 3.43. The van der Waals surface area contributed by atoms with Gasteiger partial charge < -0.3 is 10.1 Å². The Hall–Kier alpha value is -4.13. The number of tetrazole rings is 1. The molecule has 1 aliphatic rings. The monoisotopic (exact) mass is 473 g/mol. The van der Waals surface area contributed by atoms with E-state index in [2.05, 4.69) is 31.8 Å². The topological polar surface area (TPSA) is 136 Å². The zero-order chi connectivity index (χ0) is 24.8. The summed E-state index contributed by atoms with van der Waals surface area (Å²) in [6, 6.07) is 12.6. The van der Waals surface area contributed by atoms with Crippen LogP contribution in [0.2, 0.25) is 0 Å². The lowest BCUT2D eigenvalue weighted by molar-refractivity contribution is -0.146. The highest BCUT2D eigenvalue weighted by molar-refractivity contribution is 5.93. The summed E-state index contributed by atoms with van der Waals surface area (Å²) in [7, 11) is 1.43. The van der Waals surface area contributed by atoms with Crippen molar-refractivity contribution < 1.29 is 14.3 Å². The normalized spacial score (nSPS) is 17.4. The van der Waals surface area contributed by atoms with E-state index in [0.29, 0.717) is 35.1 Å². The molecule has 1 amide bonds. The van der Waals surface area contributed by atoms with Crippen LogP contribution in [0.1, 0.15) is 53.0 Å². The Morgan fingerprint density at radius 2 is 2.00 bits per heavy atom. The lowest BCUT2D eigenvalue weighted by atomic mass is 9.82. The summed E-state index contributed by atoms with van der Waals surface area (Å²) in [4.78, 5) is 30.4. The van der Waals surface area contributed by atoms with Crippen molar-refractivity contribution in [1.82, 2.24) is 30.5 Å². The molecule has 2 heterocycles. The van der Waals surface area contributed by atoms with Crippen LogP contribution in [0.4, 0.5) is 0 Å². The first-order valence-electron chi connectivity index (χ1n) is 11.6. The number of benzene rings is 1. The van der Waals surface area contributed by atoms with Gasteiger partial charge in [-0.25, -0.2) is 4.98 Å². The highest BCUT2D eigenvalue weighted by atomic mass is 16.5. The van der Waals surface area contributed by atoms with Crippen LogP contribution >= 0.6 is 0 Å². The Bertz CT molecular complexity index is 1260. The fourth-order valence-electron chi connectivity index (χ4n) is 4.35. The van der Waals surface area contributed by atoms with Crippen LogP contribution in [0.25, 0.3) is 11.4 Å². The average molecular weight is 474 g/mol. The number of amides is 1. The Morgan fingerprint density at radius 1 is 1.20 bits per heavy atom. The maximum atomic E-state index is 12.7. The second kappa shape index (κ2) is 10.9. The van der Waals surface area contributed by atoms with Crippen molar-refractivity contribution in [1.29, 1.82) is 5.26 Å². The minimum absolute atomic E-state index is 0.0184. The number of nitrogens with one attached hydrogen (secondary N) is 1. The van der Waals surface area contributed by atoms with Gasteiger partial charge in [-0.1, -0.05) is 12.1 Å². The highest BCUT2D eigenvalue weighted by Gasteiger charge is 2.27. The number of hydrogen-bond acceptors (Lipinski definition) is 8. The third kappa shape index (κ3) is 6.06. The predicted molar refractivity (Wildman–Crippen MR) is 126 cm³/mol. The van der Waals surface area contributed by atoms with Crippen molar-refractivity contribution in [3.63, 3.8) is 0 Å². The molecule has 180 valence electrons. The van der Waals surface area contributed by atoms with Gasteiger partial charge in [0.2, 0.25) is 5.82 Å². The summed E-state index contributed by atoms with van der Waals surface area (Å²) in [5, 5.41) is 24.8. The van der Waals surface area contributed by atoms with Gasteiger partial charge >= 0.3 is 5.97 Å². The van der Waals surface area contributed by atoms with Crippen molar-refractivity contribution in [2.45, 2.75) is 45.7 Å². The van der Waals surface area contributed by atoms with Crippen LogP contribution in [-0.4, -0.2) is 44.2 Å². The van der Waals surface area contributed by atoms with Crippen molar-refractivity contribution in [2.75, 3.05) is 7.11 Å². The second-order valence-electron chi connectivity index (χ2n) is 8.79. The van der Waals surface area contributed by atoms with Gasteiger partial charge in [-0.2, -0.15) is 10.1 Å². The quantitative estimate of drug-likeness (QED) is 0.518. The van der Waals surface area contributed by atoms with Gasteiger partial charge in [0, 0.05) is 17.8 Å². The van der Waals surface area contributed by atoms with Crippen LogP contribution in [0.15, 0.2) is 36.4 Å². The van der Waals surface area contributed by atoms with Crippen LogP contribution in [-0.2, 0) is 22.6 Å². The molecule has 3 aromatic rings. The summed E-state index contributed by atoms with van der Waals surface area (Å²) in [5.74, 6) is 0.322. The van der Waals surface area contributed by atoms with Crippen molar-refractivity contribution in [3.8, 4) is 17.5 Å². The van der Waals surface area contributed by atoms with Crippen LogP contribution in [0, 0.1) is 30.1 Å². The summed E-state index contributed by atoms with van der Waals surface area (Å²) < 4.78 is 4.85. The van der Waals surface area contributed by atoms with Gasteiger partial charge in [0.1, 0.15) is 5.69 Å². The first kappa shape index (κ1) is 24.0. The number of pyridine rings is 1. The van der Waals surface area contributed by atoms with E-state index in [0.717, 1.165) is 31.2 Å². The molecule has 0 spiro atoms. The Morgan fingerprint density at radius 3 is 2.74 bits per heavy atom. The zero-order valence-electron chi connectivity index (χ0n) is 19.8. The summed E-state index contributed by atoms with van der Waals surface area (Å²) >= 11 is 0. The molecule has 10 nitrogen and oxygen atoms in total. The van der Waals surface area contributed by atoms with Crippen LogP contribution in [0.5, 0.6) is 0 Å². The van der Waals surface area contributed by atoms with Gasteiger partial charge in [-0.3, -0.25) is 9.59 Å². The van der Waals surface area contributed by atoms with Gasteiger partial charge in [0.15, 0.2) is 0 Å². The van der Waals surface area contributed by atoms with Crippen LogP contribution in [0.3, 0.4) is 0 Å². The number of carbonyl (C=O) groups is 2. The molecule has 2 aromatic heterocycles. The van der Waals surface area contributed by atoms with Crippen LogP contribution < -0.4 is 5.32 Å².